The van der Waals surface area contributed by atoms with Crippen molar-refractivity contribution >= 4 is 0 Å². The molecule has 1 aliphatic carbocycles. The number of rotatable bonds is 8. The Morgan fingerprint density at radius 3 is 2.44 bits per heavy atom. The van der Waals surface area contributed by atoms with Crippen molar-refractivity contribution in [3.63, 3.8) is 0 Å². The predicted octanol–water partition coefficient (Wildman–Crippen LogP) is 2.89. The summed E-state index contributed by atoms with van der Waals surface area (Å²) < 4.78 is 0. The lowest BCUT2D eigenvalue weighted by molar-refractivity contribution is 0.274. The Bertz CT molecular complexity index is 164. The quantitative estimate of drug-likeness (QED) is 0.684. The molecule has 0 amide bonds. The summed E-state index contributed by atoms with van der Waals surface area (Å²) >= 11 is 0. The summed E-state index contributed by atoms with van der Waals surface area (Å²) in [4.78, 5) is 2.54. The van der Waals surface area contributed by atoms with Gasteiger partial charge in [-0.1, -0.05) is 26.7 Å². The zero-order valence-corrected chi connectivity index (χ0v) is 11.5. The van der Waals surface area contributed by atoms with Crippen LogP contribution < -0.4 is 5.32 Å². The average Bonchev–Trinajstić information content (AvgIpc) is 2.81. The fourth-order valence-corrected chi connectivity index (χ4v) is 2.82. The summed E-state index contributed by atoms with van der Waals surface area (Å²) in [6.07, 6.45) is 7.06. The average molecular weight is 226 g/mol. The molecule has 1 aliphatic rings. The van der Waals surface area contributed by atoms with Gasteiger partial charge in [-0.15, -0.1) is 0 Å². The highest BCUT2D eigenvalue weighted by atomic mass is 15.1. The van der Waals surface area contributed by atoms with E-state index >= 15 is 0 Å². The first-order valence-corrected chi connectivity index (χ1v) is 7.23. The van der Waals surface area contributed by atoms with Crippen molar-refractivity contribution in [3.8, 4) is 0 Å². The molecular formula is C14H30N2. The molecule has 0 aromatic heterocycles. The monoisotopic (exact) mass is 226 g/mol. The molecule has 0 spiro atoms. The van der Waals surface area contributed by atoms with E-state index < -0.39 is 0 Å². The minimum Gasteiger partial charge on any atom is -0.313 e. The summed E-state index contributed by atoms with van der Waals surface area (Å²) in [6, 6.07) is 0.725. The smallest absolute Gasteiger partial charge is 0.0107 e. The molecule has 1 rings (SSSR count). The van der Waals surface area contributed by atoms with Gasteiger partial charge in [0.25, 0.3) is 0 Å². The molecule has 96 valence electrons. The van der Waals surface area contributed by atoms with Crippen LogP contribution in [-0.4, -0.2) is 37.1 Å². The van der Waals surface area contributed by atoms with Crippen LogP contribution >= 0.6 is 0 Å². The molecule has 1 fully saturated rings. The topological polar surface area (TPSA) is 15.3 Å². The van der Waals surface area contributed by atoms with Crippen LogP contribution in [-0.2, 0) is 0 Å². The van der Waals surface area contributed by atoms with Crippen LogP contribution in [0.25, 0.3) is 0 Å². The van der Waals surface area contributed by atoms with Gasteiger partial charge in [0.05, 0.1) is 0 Å². The van der Waals surface area contributed by atoms with Crippen LogP contribution in [0.15, 0.2) is 0 Å². The van der Waals surface area contributed by atoms with E-state index in [1.165, 1.54) is 51.7 Å². The fourth-order valence-electron chi connectivity index (χ4n) is 2.82. The first-order valence-electron chi connectivity index (χ1n) is 7.23. The van der Waals surface area contributed by atoms with Crippen molar-refractivity contribution < 1.29 is 0 Å². The zero-order chi connectivity index (χ0) is 11.8. The molecule has 1 N–H and O–H groups in total. The lowest BCUT2D eigenvalue weighted by atomic mass is 10.00. The lowest BCUT2D eigenvalue weighted by Crippen LogP contribution is -2.39. The molecule has 2 heteroatoms. The van der Waals surface area contributed by atoms with Gasteiger partial charge in [0, 0.05) is 19.1 Å². The first-order chi connectivity index (χ1) is 7.77. The number of hydrogen-bond acceptors (Lipinski definition) is 2. The fraction of sp³-hybridized carbons (Fsp3) is 1.00. The molecule has 0 aromatic carbocycles. The highest BCUT2D eigenvalue weighted by Gasteiger charge is 2.20. The Hall–Kier alpha value is -0.0800. The van der Waals surface area contributed by atoms with Crippen LogP contribution in [0, 0.1) is 5.92 Å². The zero-order valence-electron chi connectivity index (χ0n) is 11.5. The standard InChI is InChI=1S/C14H30N2/c1-4-11-16(5-2)12-10-15-13(3)14-8-6-7-9-14/h13-15H,4-12H2,1-3H3. The van der Waals surface area contributed by atoms with Gasteiger partial charge in [-0.05, 0) is 45.2 Å². The van der Waals surface area contributed by atoms with Crippen LogP contribution in [0.2, 0.25) is 0 Å². The van der Waals surface area contributed by atoms with Crippen LogP contribution in [0.1, 0.15) is 52.9 Å². The minimum absolute atomic E-state index is 0.725. The van der Waals surface area contributed by atoms with Gasteiger partial charge in [0.15, 0.2) is 0 Å². The second-order valence-corrected chi connectivity index (χ2v) is 5.22. The number of hydrogen-bond donors (Lipinski definition) is 1. The maximum absolute atomic E-state index is 3.71. The predicted molar refractivity (Wildman–Crippen MR) is 71.8 cm³/mol. The van der Waals surface area contributed by atoms with E-state index in [2.05, 4.69) is 31.0 Å². The van der Waals surface area contributed by atoms with Crippen molar-refractivity contribution in [1.82, 2.24) is 10.2 Å². The van der Waals surface area contributed by atoms with Crippen molar-refractivity contribution in [2.75, 3.05) is 26.2 Å². The summed E-state index contributed by atoms with van der Waals surface area (Å²) in [5.41, 5.74) is 0. The normalized spacial score (nSPS) is 19.5. The number of likely N-dealkylation sites (N-methyl/N-ethyl adjacent to an activating group) is 1. The molecule has 16 heavy (non-hydrogen) atoms. The van der Waals surface area contributed by atoms with Crippen LogP contribution in [0.4, 0.5) is 0 Å². The third-order valence-electron chi connectivity index (χ3n) is 3.99. The second-order valence-electron chi connectivity index (χ2n) is 5.22. The Morgan fingerprint density at radius 1 is 1.19 bits per heavy atom. The summed E-state index contributed by atoms with van der Waals surface area (Å²) in [6.45, 7) is 11.7. The van der Waals surface area contributed by atoms with Gasteiger partial charge < -0.3 is 10.2 Å². The van der Waals surface area contributed by atoms with Crippen LogP contribution in [0.3, 0.4) is 0 Å². The Balaban J connectivity index is 2.08. The first kappa shape index (κ1) is 14.0. The molecule has 1 saturated carbocycles. The third kappa shape index (κ3) is 4.84. The highest BCUT2D eigenvalue weighted by molar-refractivity contribution is 4.77. The Labute approximate surface area is 102 Å². The molecule has 0 aliphatic heterocycles. The molecule has 2 nitrogen and oxygen atoms in total. The molecule has 0 aromatic rings. The van der Waals surface area contributed by atoms with Gasteiger partial charge in [-0.25, -0.2) is 0 Å². The second kappa shape index (κ2) is 8.08. The Morgan fingerprint density at radius 2 is 1.88 bits per heavy atom. The summed E-state index contributed by atoms with van der Waals surface area (Å²) in [5.74, 6) is 0.946. The molecule has 0 radical (unpaired) electrons. The van der Waals surface area contributed by atoms with Gasteiger partial charge in [-0.2, -0.15) is 0 Å². The molecule has 0 bridgehead atoms. The SMILES string of the molecule is CCCN(CC)CCNC(C)C1CCCC1. The van der Waals surface area contributed by atoms with Crippen molar-refractivity contribution in [2.45, 2.75) is 58.9 Å². The van der Waals surface area contributed by atoms with E-state index in [4.69, 9.17) is 0 Å². The molecule has 1 atom stereocenters. The molecular weight excluding hydrogens is 196 g/mol. The van der Waals surface area contributed by atoms with Gasteiger partial charge in [0.1, 0.15) is 0 Å². The summed E-state index contributed by atoms with van der Waals surface area (Å²) in [5, 5.41) is 3.71. The summed E-state index contributed by atoms with van der Waals surface area (Å²) in [7, 11) is 0. The van der Waals surface area contributed by atoms with E-state index in [0.29, 0.717) is 0 Å². The van der Waals surface area contributed by atoms with E-state index in [1.54, 1.807) is 0 Å². The largest absolute Gasteiger partial charge is 0.313 e. The Kier molecular flexibility index (Phi) is 7.06. The number of nitrogens with zero attached hydrogens (tertiary/aromatic N) is 1. The van der Waals surface area contributed by atoms with Crippen LogP contribution in [0.5, 0.6) is 0 Å². The van der Waals surface area contributed by atoms with Gasteiger partial charge in [0.2, 0.25) is 0 Å². The van der Waals surface area contributed by atoms with Crippen molar-refractivity contribution in [2.24, 2.45) is 5.92 Å². The molecule has 1 unspecified atom stereocenters. The van der Waals surface area contributed by atoms with E-state index in [1.807, 2.05) is 0 Å². The molecule has 0 heterocycles. The van der Waals surface area contributed by atoms with Gasteiger partial charge >= 0.3 is 0 Å². The van der Waals surface area contributed by atoms with Crippen molar-refractivity contribution in [1.29, 1.82) is 0 Å². The van der Waals surface area contributed by atoms with Crippen molar-refractivity contribution in [3.05, 3.63) is 0 Å². The maximum Gasteiger partial charge on any atom is 0.0107 e. The van der Waals surface area contributed by atoms with E-state index in [0.717, 1.165) is 18.5 Å². The van der Waals surface area contributed by atoms with Gasteiger partial charge in [-0.3, -0.25) is 0 Å². The van der Waals surface area contributed by atoms with E-state index in [-0.39, 0.29) is 0 Å². The lowest BCUT2D eigenvalue weighted by Gasteiger charge is -2.24. The minimum atomic E-state index is 0.725. The third-order valence-corrected chi connectivity index (χ3v) is 3.99. The van der Waals surface area contributed by atoms with E-state index in [9.17, 15) is 0 Å². The molecule has 0 saturated heterocycles. The highest BCUT2D eigenvalue weighted by Crippen LogP contribution is 2.27. The maximum atomic E-state index is 3.71. The number of nitrogens with one attached hydrogen (secondary N) is 1.